The Kier molecular flexibility index (Phi) is 3.59. The largest absolute Gasteiger partial charge is 0.481 e. The van der Waals surface area contributed by atoms with E-state index in [4.69, 9.17) is 5.11 Å². The van der Waals surface area contributed by atoms with Gasteiger partial charge < -0.3 is 10.0 Å². The lowest BCUT2D eigenvalue weighted by molar-refractivity contribution is -0.144. The maximum Gasteiger partial charge on any atom is 0.306 e. The van der Waals surface area contributed by atoms with Crippen LogP contribution < -0.4 is 0 Å². The summed E-state index contributed by atoms with van der Waals surface area (Å²) in [4.78, 5) is 24.8. The van der Waals surface area contributed by atoms with Crippen LogP contribution in [0.5, 0.6) is 0 Å². The normalized spacial score (nSPS) is 17.1. The molecule has 1 unspecified atom stereocenters. The van der Waals surface area contributed by atoms with Gasteiger partial charge >= 0.3 is 5.97 Å². The number of aromatic nitrogens is 2. The fourth-order valence-corrected chi connectivity index (χ4v) is 2.34. The first-order chi connectivity index (χ1) is 8.93. The maximum absolute atomic E-state index is 12.3. The average Bonchev–Trinajstić information content (AvgIpc) is 2.68. The molecule has 0 aliphatic carbocycles. The van der Waals surface area contributed by atoms with Crippen LogP contribution in [0.4, 0.5) is 0 Å². The Morgan fingerprint density at radius 1 is 1.53 bits per heavy atom. The van der Waals surface area contributed by atoms with E-state index in [2.05, 4.69) is 5.10 Å². The molecule has 1 fully saturated rings. The third-order valence-electron chi connectivity index (χ3n) is 3.76. The molecule has 1 N–H and O–H groups in total. The van der Waals surface area contributed by atoms with Crippen molar-refractivity contribution < 1.29 is 14.7 Å². The minimum atomic E-state index is -0.798. The van der Waals surface area contributed by atoms with Gasteiger partial charge in [-0.05, 0) is 6.42 Å². The predicted molar refractivity (Wildman–Crippen MR) is 68.8 cm³/mol. The summed E-state index contributed by atoms with van der Waals surface area (Å²) in [5.41, 5.74) is 1.42. The van der Waals surface area contributed by atoms with Gasteiger partial charge in [-0.3, -0.25) is 14.3 Å². The smallest absolute Gasteiger partial charge is 0.306 e. The minimum absolute atomic E-state index is 0.0428. The molecule has 1 aliphatic heterocycles. The van der Waals surface area contributed by atoms with E-state index in [9.17, 15) is 9.59 Å². The summed E-state index contributed by atoms with van der Waals surface area (Å²) in [7, 11) is 1.79. The Labute approximate surface area is 112 Å². The van der Waals surface area contributed by atoms with E-state index in [-0.39, 0.29) is 11.8 Å². The molecule has 104 valence electrons. The topological polar surface area (TPSA) is 75.4 Å². The van der Waals surface area contributed by atoms with Gasteiger partial charge in [0, 0.05) is 32.3 Å². The quantitative estimate of drug-likeness (QED) is 0.872. The van der Waals surface area contributed by atoms with Crippen LogP contribution in [0.25, 0.3) is 0 Å². The van der Waals surface area contributed by atoms with Crippen molar-refractivity contribution in [3.8, 4) is 0 Å². The van der Waals surface area contributed by atoms with Crippen LogP contribution in [0.3, 0.4) is 0 Å². The van der Waals surface area contributed by atoms with Gasteiger partial charge in [0.2, 0.25) is 0 Å². The number of hydrogen-bond acceptors (Lipinski definition) is 3. The number of carbonyl (C=O) groups excluding carboxylic acids is 1. The lowest BCUT2D eigenvalue weighted by Gasteiger charge is -2.41. The van der Waals surface area contributed by atoms with Crippen molar-refractivity contribution in [3.05, 3.63) is 17.5 Å². The Morgan fingerprint density at radius 3 is 2.68 bits per heavy atom. The number of carboxylic acids is 1. The number of amides is 1. The fourth-order valence-electron chi connectivity index (χ4n) is 2.34. The molecule has 6 nitrogen and oxygen atoms in total. The molecular weight excluding hydrogens is 246 g/mol. The number of hydrogen-bond donors (Lipinski definition) is 1. The summed E-state index contributed by atoms with van der Waals surface area (Å²) in [5.74, 6) is -1.18. The summed E-state index contributed by atoms with van der Waals surface area (Å²) in [6.07, 6.45) is 2.44. The molecule has 1 atom stereocenters. The molecule has 0 bridgehead atoms. The molecule has 1 aliphatic rings. The number of rotatable bonds is 4. The van der Waals surface area contributed by atoms with Crippen LogP contribution in [-0.2, 0) is 18.3 Å². The zero-order chi connectivity index (χ0) is 14.2. The van der Waals surface area contributed by atoms with Crippen LogP contribution in [0.2, 0.25) is 0 Å². The zero-order valence-electron chi connectivity index (χ0n) is 11.5. The number of aryl methyl sites for hydroxylation is 2. The lowest BCUT2D eigenvalue weighted by atomic mass is 9.86. The fraction of sp³-hybridized carbons (Fsp3) is 0.615. The van der Waals surface area contributed by atoms with E-state index in [1.165, 1.54) is 0 Å². The van der Waals surface area contributed by atoms with E-state index < -0.39 is 11.9 Å². The first-order valence-corrected chi connectivity index (χ1v) is 6.48. The Hall–Kier alpha value is -1.85. The number of likely N-dealkylation sites (tertiary alicyclic amines) is 1. The molecule has 6 heteroatoms. The standard InChI is InChI=1S/C13H19N3O3/c1-4-11-10(7-15(3)14-11)12(17)16-5-9(6-16)8(2)13(18)19/h7-9H,4-6H2,1-3H3,(H,18,19). The highest BCUT2D eigenvalue weighted by atomic mass is 16.4. The summed E-state index contributed by atoms with van der Waals surface area (Å²) in [6.45, 7) is 4.69. The SMILES string of the molecule is CCc1nn(C)cc1C(=O)N1CC(C(C)C(=O)O)C1. The molecule has 2 heterocycles. The van der Waals surface area contributed by atoms with E-state index in [1.54, 1.807) is 29.7 Å². The highest BCUT2D eigenvalue weighted by molar-refractivity contribution is 5.95. The molecular formula is C13H19N3O3. The molecule has 0 spiro atoms. The Balaban J connectivity index is 2.02. The molecule has 0 radical (unpaired) electrons. The first-order valence-electron chi connectivity index (χ1n) is 6.48. The molecule has 1 saturated heterocycles. The monoisotopic (exact) mass is 265 g/mol. The summed E-state index contributed by atoms with van der Waals surface area (Å²) >= 11 is 0. The lowest BCUT2D eigenvalue weighted by Crippen LogP contribution is -2.53. The highest BCUT2D eigenvalue weighted by Gasteiger charge is 2.38. The molecule has 1 aromatic heterocycles. The van der Waals surface area contributed by atoms with Crippen molar-refractivity contribution in [1.82, 2.24) is 14.7 Å². The summed E-state index contributed by atoms with van der Waals surface area (Å²) in [6, 6.07) is 0. The molecule has 19 heavy (non-hydrogen) atoms. The second kappa shape index (κ2) is 5.03. The van der Waals surface area contributed by atoms with Gasteiger partial charge in [-0.1, -0.05) is 13.8 Å². The van der Waals surface area contributed by atoms with E-state index in [0.717, 1.165) is 5.69 Å². The third-order valence-corrected chi connectivity index (χ3v) is 3.76. The second-order valence-electron chi connectivity index (χ2n) is 5.11. The van der Waals surface area contributed by atoms with Gasteiger partial charge in [0.05, 0.1) is 17.2 Å². The summed E-state index contributed by atoms with van der Waals surface area (Å²) < 4.78 is 1.64. The third kappa shape index (κ3) is 2.47. The molecule has 0 aromatic carbocycles. The van der Waals surface area contributed by atoms with E-state index in [0.29, 0.717) is 25.1 Å². The molecule has 2 rings (SSSR count). The van der Waals surface area contributed by atoms with Crippen molar-refractivity contribution in [1.29, 1.82) is 0 Å². The van der Waals surface area contributed by atoms with Gasteiger partial charge in [0.1, 0.15) is 0 Å². The van der Waals surface area contributed by atoms with Gasteiger partial charge in [0.15, 0.2) is 0 Å². The van der Waals surface area contributed by atoms with Crippen LogP contribution in [0, 0.1) is 11.8 Å². The second-order valence-corrected chi connectivity index (χ2v) is 5.11. The summed E-state index contributed by atoms with van der Waals surface area (Å²) in [5, 5.41) is 13.2. The average molecular weight is 265 g/mol. The van der Waals surface area contributed by atoms with E-state index in [1.807, 2.05) is 6.92 Å². The van der Waals surface area contributed by atoms with Crippen molar-refractivity contribution >= 4 is 11.9 Å². The first kappa shape index (κ1) is 13.6. The van der Waals surface area contributed by atoms with Gasteiger partial charge in [-0.15, -0.1) is 0 Å². The number of nitrogens with zero attached hydrogens (tertiary/aromatic N) is 3. The Morgan fingerprint density at radius 2 is 2.16 bits per heavy atom. The number of aliphatic carboxylic acids is 1. The van der Waals surface area contributed by atoms with Gasteiger partial charge in [0.25, 0.3) is 5.91 Å². The Bertz CT molecular complexity index is 503. The van der Waals surface area contributed by atoms with Gasteiger partial charge in [-0.2, -0.15) is 5.10 Å². The van der Waals surface area contributed by atoms with Crippen LogP contribution in [0.15, 0.2) is 6.20 Å². The van der Waals surface area contributed by atoms with Crippen molar-refractivity contribution in [2.24, 2.45) is 18.9 Å². The molecule has 1 amide bonds. The van der Waals surface area contributed by atoms with Crippen LogP contribution in [0.1, 0.15) is 29.9 Å². The molecule has 1 aromatic rings. The molecule has 0 saturated carbocycles. The predicted octanol–water partition coefficient (Wildman–Crippen LogP) is 0.775. The maximum atomic E-state index is 12.3. The van der Waals surface area contributed by atoms with Crippen molar-refractivity contribution in [2.45, 2.75) is 20.3 Å². The van der Waals surface area contributed by atoms with E-state index >= 15 is 0 Å². The zero-order valence-corrected chi connectivity index (χ0v) is 11.5. The number of carboxylic acid groups (broad SMARTS) is 1. The van der Waals surface area contributed by atoms with Crippen molar-refractivity contribution in [3.63, 3.8) is 0 Å². The van der Waals surface area contributed by atoms with Crippen molar-refractivity contribution in [2.75, 3.05) is 13.1 Å². The van der Waals surface area contributed by atoms with Crippen LogP contribution >= 0.6 is 0 Å². The van der Waals surface area contributed by atoms with Gasteiger partial charge in [-0.25, -0.2) is 0 Å². The number of carbonyl (C=O) groups is 2. The highest BCUT2D eigenvalue weighted by Crippen LogP contribution is 2.26. The minimum Gasteiger partial charge on any atom is -0.481 e. The van der Waals surface area contributed by atoms with Crippen LogP contribution in [-0.4, -0.2) is 44.8 Å².